The smallest absolute Gasteiger partial charge is 0.403 e. The monoisotopic (exact) mass is 482 g/mol. The summed E-state index contributed by atoms with van der Waals surface area (Å²) < 4.78 is 86.4. The lowest BCUT2D eigenvalue weighted by Crippen LogP contribution is -2.33. The Hall–Kier alpha value is -2.75. The number of aryl methyl sites for hydroxylation is 2. The molecule has 3 aromatic rings. The van der Waals surface area contributed by atoms with Crippen LogP contribution in [0.5, 0.6) is 5.75 Å². The van der Waals surface area contributed by atoms with Crippen LogP contribution in [-0.2, 0) is 27.1 Å². The van der Waals surface area contributed by atoms with E-state index >= 15 is 4.39 Å². The van der Waals surface area contributed by atoms with E-state index in [0.717, 1.165) is 17.7 Å². The van der Waals surface area contributed by atoms with Gasteiger partial charge in [-0.25, -0.2) is 8.78 Å². The minimum atomic E-state index is -4.97. The highest BCUT2D eigenvalue weighted by molar-refractivity contribution is 5.84. The van der Waals surface area contributed by atoms with Gasteiger partial charge in [-0.05, 0) is 54.5 Å². The standard InChI is InChI=1S/C25H23F5O4/c1-2-31-19-13-32-24(33-14-19)18-8-9-20-17(12-18)7-6-16(23(20)27)5-3-15-4-10-22(21(26)11-15)34-25(28,29)30/h4,6-12,19,24H,2-3,5,13-14H2,1H3. The molecule has 4 rings (SSSR count). The molecule has 1 heterocycles. The Bertz CT molecular complexity index is 1140. The van der Waals surface area contributed by atoms with Gasteiger partial charge >= 0.3 is 6.36 Å². The molecular formula is C25H23F5O4. The summed E-state index contributed by atoms with van der Waals surface area (Å²) in [5.41, 5.74) is 1.62. The zero-order valence-electron chi connectivity index (χ0n) is 18.3. The number of ether oxygens (including phenoxy) is 4. The Morgan fingerprint density at radius 2 is 1.71 bits per heavy atom. The highest BCUT2D eigenvalue weighted by Crippen LogP contribution is 2.30. The summed E-state index contributed by atoms with van der Waals surface area (Å²) in [6.07, 6.45) is -5.14. The van der Waals surface area contributed by atoms with Crippen molar-refractivity contribution in [1.82, 2.24) is 0 Å². The van der Waals surface area contributed by atoms with Crippen molar-refractivity contribution in [3.05, 3.63) is 76.9 Å². The zero-order valence-corrected chi connectivity index (χ0v) is 18.3. The summed E-state index contributed by atoms with van der Waals surface area (Å²) in [5, 5.41) is 1.10. The van der Waals surface area contributed by atoms with E-state index in [1.807, 2.05) is 13.0 Å². The van der Waals surface area contributed by atoms with Gasteiger partial charge in [-0.3, -0.25) is 0 Å². The molecular weight excluding hydrogens is 459 g/mol. The van der Waals surface area contributed by atoms with Gasteiger partial charge in [0.2, 0.25) is 0 Å². The van der Waals surface area contributed by atoms with E-state index in [1.54, 1.807) is 24.3 Å². The second-order valence-electron chi connectivity index (χ2n) is 7.91. The van der Waals surface area contributed by atoms with Crippen LogP contribution in [0.15, 0.2) is 48.5 Å². The third kappa shape index (κ3) is 5.84. The average molecular weight is 482 g/mol. The number of fused-ring (bicyclic) bond motifs is 1. The lowest BCUT2D eigenvalue weighted by atomic mass is 9.99. The summed E-state index contributed by atoms with van der Waals surface area (Å²) in [6.45, 7) is 3.30. The Balaban J connectivity index is 1.44. The van der Waals surface area contributed by atoms with Gasteiger partial charge in [-0.1, -0.05) is 30.3 Å². The molecule has 1 aliphatic heterocycles. The van der Waals surface area contributed by atoms with Crippen LogP contribution in [0.1, 0.15) is 29.9 Å². The SMILES string of the molecule is CCOC1COC(c2ccc3c(F)c(CCc4ccc(OC(F)(F)F)c(F)c4)ccc3c2)OC1. The lowest BCUT2D eigenvalue weighted by Gasteiger charge is -2.29. The van der Waals surface area contributed by atoms with E-state index in [1.165, 1.54) is 6.07 Å². The van der Waals surface area contributed by atoms with Gasteiger partial charge in [0.25, 0.3) is 0 Å². The summed E-state index contributed by atoms with van der Waals surface area (Å²) >= 11 is 0. The largest absolute Gasteiger partial charge is 0.573 e. The maximum absolute atomic E-state index is 15.1. The van der Waals surface area contributed by atoms with Gasteiger partial charge in [-0.2, -0.15) is 0 Å². The molecule has 9 heteroatoms. The molecule has 0 N–H and O–H groups in total. The lowest BCUT2D eigenvalue weighted by molar-refractivity contribution is -0.275. The molecule has 0 aliphatic carbocycles. The first-order valence-corrected chi connectivity index (χ1v) is 10.8. The third-order valence-electron chi connectivity index (χ3n) is 5.50. The molecule has 3 aromatic carbocycles. The third-order valence-corrected chi connectivity index (χ3v) is 5.50. The molecule has 0 aromatic heterocycles. The first-order valence-electron chi connectivity index (χ1n) is 10.8. The highest BCUT2D eigenvalue weighted by Gasteiger charge is 2.32. The Morgan fingerprint density at radius 3 is 2.38 bits per heavy atom. The molecule has 0 amide bonds. The van der Waals surface area contributed by atoms with Gasteiger partial charge in [-0.15, -0.1) is 13.2 Å². The fourth-order valence-corrected chi connectivity index (χ4v) is 3.89. The summed E-state index contributed by atoms with van der Waals surface area (Å²) in [5.74, 6) is -2.42. The molecule has 0 spiro atoms. The summed E-state index contributed by atoms with van der Waals surface area (Å²) in [6, 6.07) is 11.9. The van der Waals surface area contributed by atoms with E-state index in [2.05, 4.69) is 4.74 Å². The molecule has 0 bridgehead atoms. The van der Waals surface area contributed by atoms with Crippen molar-refractivity contribution in [2.24, 2.45) is 0 Å². The fraction of sp³-hybridized carbons (Fsp3) is 0.360. The van der Waals surface area contributed by atoms with Crippen molar-refractivity contribution in [2.45, 2.75) is 38.5 Å². The van der Waals surface area contributed by atoms with Crippen molar-refractivity contribution in [1.29, 1.82) is 0 Å². The number of alkyl halides is 3. The topological polar surface area (TPSA) is 36.9 Å². The van der Waals surface area contributed by atoms with Gasteiger partial charge in [0.15, 0.2) is 17.9 Å². The molecule has 0 unspecified atom stereocenters. The molecule has 0 radical (unpaired) electrons. The highest BCUT2D eigenvalue weighted by atomic mass is 19.4. The van der Waals surface area contributed by atoms with Crippen LogP contribution in [0.2, 0.25) is 0 Å². The molecule has 182 valence electrons. The van der Waals surface area contributed by atoms with Crippen molar-refractivity contribution >= 4 is 10.8 Å². The maximum atomic E-state index is 15.1. The predicted molar refractivity (Wildman–Crippen MR) is 114 cm³/mol. The van der Waals surface area contributed by atoms with Crippen LogP contribution in [0.25, 0.3) is 10.8 Å². The van der Waals surface area contributed by atoms with E-state index < -0.39 is 30.0 Å². The number of hydrogen-bond acceptors (Lipinski definition) is 4. The predicted octanol–water partition coefficient (Wildman–Crippen LogP) is 6.25. The van der Waals surface area contributed by atoms with Crippen molar-refractivity contribution in [3.63, 3.8) is 0 Å². The van der Waals surface area contributed by atoms with Crippen LogP contribution in [0.4, 0.5) is 22.0 Å². The Morgan fingerprint density at radius 1 is 0.941 bits per heavy atom. The van der Waals surface area contributed by atoms with Gasteiger partial charge in [0, 0.05) is 17.6 Å². The van der Waals surface area contributed by atoms with Crippen LogP contribution in [0.3, 0.4) is 0 Å². The molecule has 0 atom stereocenters. The second kappa shape index (κ2) is 10.2. The van der Waals surface area contributed by atoms with Crippen LogP contribution >= 0.6 is 0 Å². The summed E-state index contributed by atoms with van der Waals surface area (Å²) in [4.78, 5) is 0. The van der Waals surface area contributed by atoms with E-state index in [-0.39, 0.29) is 18.9 Å². The first-order chi connectivity index (χ1) is 16.2. The van der Waals surface area contributed by atoms with Crippen LogP contribution < -0.4 is 4.74 Å². The first kappa shape index (κ1) is 24.4. The quantitative estimate of drug-likeness (QED) is 0.373. The van der Waals surface area contributed by atoms with Gasteiger partial charge in [0.1, 0.15) is 11.9 Å². The normalized spacial score (nSPS) is 18.9. The van der Waals surface area contributed by atoms with Crippen molar-refractivity contribution in [3.8, 4) is 5.75 Å². The number of hydrogen-bond donors (Lipinski definition) is 0. The molecule has 0 saturated carbocycles. The molecule has 1 fully saturated rings. The van der Waals surface area contributed by atoms with Crippen molar-refractivity contribution in [2.75, 3.05) is 19.8 Å². The number of halogens is 5. The van der Waals surface area contributed by atoms with Crippen molar-refractivity contribution < 1.29 is 40.9 Å². The molecule has 34 heavy (non-hydrogen) atoms. The summed E-state index contributed by atoms with van der Waals surface area (Å²) in [7, 11) is 0. The van der Waals surface area contributed by atoms with Crippen LogP contribution in [0, 0.1) is 11.6 Å². The molecule has 1 saturated heterocycles. The van der Waals surface area contributed by atoms with E-state index in [9.17, 15) is 17.6 Å². The average Bonchev–Trinajstić information content (AvgIpc) is 2.80. The molecule has 1 aliphatic rings. The Labute approximate surface area is 193 Å². The molecule has 4 nitrogen and oxygen atoms in total. The second-order valence-corrected chi connectivity index (χ2v) is 7.91. The number of benzene rings is 3. The van der Waals surface area contributed by atoms with E-state index in [0.29, 0.717) is 41.7 Å². The van der Waals surface area contributed by atoms with Gasteiger partial charge < -0.3 is 18.9 Å². The van der Waals surface area contributed by atoms with Crippen LogP contribution in [-0.4, -0.2) is 32.3 Å². The van der Waals surface area contributed by atoms with Gasteiger partial charge in [0.05, 0.1) is 13.2 Å². The minimum Gasteiger partial charge on any atom is -0.403 e. The maximum Gasteiger partial charge on any atom is 0.573 e. The minimum absolute atomic E-state index is 0.108. The Kier molecular flexibility index (Phi) is 7.35. The van der Waals surface area contributed by atoms with E-state index in [4.69, 9.17) is 14.2 Å². The number of rotatable bonds is 7. The zero-order chi connectivity index (χ0) is 24.3. The fourth-order valence-electron chi connectivity index (χ4n) is 3.89.